The molecule has 2 N–H and O–H groups in total. The van der Waals surface area contributed by atoms with Gasteiger partial charge in [0.15, 0.2) is 11.6 Å². The summed E-state index contributed by atoms with van der Waals surface area (Å²) in [5.74, 6) is -0.0748. The zero-order valence-corrected chi connectivity index (χ0v) is 10.6. The monoisotopic (exact) mass is 276 g/mol. The summed E-state index contributed by atoms with van der Waals surface area (Å²) in [5.41, 5.74) is 0.385. The summed E-state index contributed by atoms with van der Waals surface area (Å²) in [6.45, 7) is 1.63. The number of halogens is 1. The van der Waals surface area contributed by atoms with Crippen LogP contribution in [0.15, 0.2) is 29.0 Å². The van der Waals surface area contributed by atoms with Crippen LogP contribution in [0.1, 0.15) is 28.0 Å². The van der Waals surface area contributed by atoms with Crippen molar-refractivity contribution in [3.8, 4) is 0 Å². The standard InChI is InChI=1S/C13H13FN4O2/c14-9-2-1-3-16-10(9)6-17-12(19)11-7-20-13(18-11)8-4-15-5-8/h1-3,7-8,15H,4-6H2,(H,17,19). The van der Waals surface area contributed by atoms with Crippen molar-refractivity contribution < 1.29 is 13.6 Å². The molecule has 0 saturated carbocycles. The SMILES string of the molecule is O=C(NCc1ncccc1F)c1coc(C2CNC2)n1. The molecule has 2 aromatic heterocycles. The van der Waals surface area contributed by atoms with Crippen molar-refractivity contribution in [2.24, 2.45) is 0 Å². The topological polar surface area (TPSA) is 80.0 Å². The maximum atomic E-state index is 13.4. The van der Waals surface area contributed by atoms with E-state index < -0.39 is 11.7 Å². The minimum absolute atomic E-state index is 0.0126. The first-order chi connectivity index (χ1) is 9.74. The number of carbonyl (C=O) groups is 1. The Morgan fingerprint density at radius 2 is 2.40 bits per heavy atom. The number of oxazole rings is 1. The molecule has 3 heterocycles. The van der Waals surface area contributed by atoms with Gasteiger partial charge in [0.05, 0.1) is 18.2 Å². The van der Waals surface area contributed by atoms with Crippen molar-refractivity contribution in [2.75, 3.05) is 13.1 Å². The average Bonchev–Trinajstić information content (AvgIpc) is 2.85. The van der Waals surface area contributed by atoms with E-state index >= 15 is 0 Å². The molecule has 0 spiro atoms. The average molecular weight is 276 g/mol. The predicted molar refractivity (Wildman–Crippen MR) is 67.5 cm³/mol. The molecule has 104 valence electrons. The number of pyridine rings is 1. The lowest BCUT2D eigenvalue weighted by Crippen LogP contribution is -2.40. The molecule has 1 amide bonds. The number of nitrogens with one attached hydrogen (secondary N) is 2. The Labute approximate surface area is 114 Å². The van der Waals surface area contributed by atoms with Crippen molar-refractivity contribution in [3.05, 3.63) is 47.7 Å². The summed E-state index contributed by atoms with van der Waals surface area (Å²) in [4.78, 5) is 19.9. The molecular weight excluding hydrogens is 263 g/mol. The first-order valence-corrected chi connectivity index (χ1v) is 6.28. The third-order valence-corrected chi connectivity index (χ3v) is 3.14. The highest BCUT2D eigenvalue weighted by Crippen LogP contribution is 2.18. The minimum Gasteiger partial charge on any atom is -0.448 e. The van der Waals surface area contributed by atoms with Gasteiger partial charge in [-0.2, -0.15) is 0 Å². The lowest BCUT2D eigenvalue weighted by Gasteiger charge is -2.23. The van der Waals surface area contributed by atoms with E-state index in [1.165, 1.54) is 24.6 Å². The van der Waals surface area contributed by atoms with E-state index in [9.17, 15) is 9.18 Å². The molecule has 7 heteroatoms. The molecule has 20 heavy (non-hydrogen) atoms. The van der Waals surface area contributed by atoms with Crippen LogP contribution in [0.25, 0.3) is 0 Å². The number of aromatic nitrogens is 2. The van der Waals surface area contributed by atoms with Crippen molar-refractivity contribution >= 4 is 5.91 Å². The van der Waals surface area contributed by atoms with Crippen LogP contribution in [0.3, 0.4) is 0 Å². The van der Waals surface area contributed by atoms with Crippen molar-refractivity contribution in [1.82, 2.24) is 20.6 Å². The summed E-state index contributed by atoms with van der Waals surface area (Å²) in [6, 6.07) is 2.80. The Morgan fingerprint density at radius 3 is 3.10 bits per heavy atom. The summed E-state index contributed by atoms with van der Waals surface area (Å²) >= 11 is 0. The fourth-order valence-electron chi connectivity index (χ4n) is 1.85. The Balaban J connectivity index is 1.61. The fourth-order valence-corrected chi connectivity index (χ4v) is 1.85. The quantitative estimate of drug-likeness (QED) is 0.864. The number of nitrogens with zero attached hydrogens (tertiary/aromatic N) is 2. The van der Waals surface area contributed by atoms with Crippen LogP contribution < -0.4 is 10.6 Å². The van der Waals surface area contributed by atoms with Crippen LogP contribution in [0.4, 0.5) is 4.39 Å². The molecule has 1 saturated heterocycles. The summed E-state index contributed by atoms with van der Waals surface area (Å²) < 4.78 is 18.6. The van der Waals surface area contributed by atoms with E-state index in [0.29, 0.717) is 5.89 Å². The van der Waals surface area contributed by atoms with Gasteiger partial charge in [0.1, 0.15) is 12.1 Å². The predicted octanol–water partition coefficient (Wildman–Crippen LogP) is 0.825. The molecule has 0 radical (unpaired) electrons. The second-order valence-corrected chi connectivity index (χ2v) is 4.54. The third kappa shape index (κ3) is 2.53. The van der Waals surface area contributed by atoms with E-state index in [4.69, 9.17) is 4.42 Å². The molecule has 0 aromatic carbocycles. The minimum atomic E-state index is -0.450. The molecule has 0 aliphatic carbocycles. The highest BCUT2D eigenvalue weighted by atomic mass is 19.1. The van der Waals surface area contributed by atoms with Crippen LogP contribution in [-0.2, 0) is 6.54 Å². The lowest BCUT2D eigenvalue weighted by atomic mass is 10.0. The highest BCUT2D eigenvalue weighted by molar-refractivity contribution is 5.91. The van der Waals surface area contributed by atoms with Gasteiger partial charge in [0, 0.05) is 19.3 Å². The van der Waals surface area contributed by atoms with E-state index in [0.717, 1.165) is 13.1 Å². The molecule has 1 aliphatic heterocycles. The van der Waals surface area contributed by atoms with Gasteiger partial charge in [-0.25, -0.2) is 9.37 Å². The Kier molecular flexibility index (Phi) is 3.42. The number of rotatable bonds is 4. The van der Waals surface area contributed by atoms with Crippen molar-refractivity contribution in [2.45, 2.75) is 12.5 Å². The highest BCUT2D eigenvalue weighted by Gasteiger charge is 2.25. The fraction of sp³-hybridized carbons (Fsp3) is 0.308. The largest absolute Gasteiger partial charge is 0.448 e. The summed E-state index contributed by atoms with van der Waals surface area (Å²) in [7, 11) is 0. The van der Waals surface area contributed by atoms with Gasteiger partial charge in [0.2, 0.25) is 0 Å². The van der Waals surface area contributed by atoms with Gasteiger partial charge in [0.25, 0.3) is 5.91 Å². The molecule has 0 bridgehead atoms. The zero-order chi connectivity index (χ0) is 13.9. The first-order valence-electron chi connectivity index (χ1n) is 6.28. The van der Waals surface area contributed by atoms with Gasteiger partial charge in [-0.3, -0.25) is 9.78 Å². The van der Waals surface area contributed by atoms with Gasteiger partial charge in [-0.15, -0.1) is 0 Å². The van der Waals surface area contributed by atoms with Gasteiger partial charge < -0.3 is 15.1 Å². The number of hydrogen-bond donors (Lipinski definition) is 2. The first kappa shape index (κ1) is 12.7. The number of hydrogen-bond acceptors (Lipinski definition) is 5. The van der Waals surface area contributed by atoms with Crippen LogP contribution in [0, 0.1) is 5.82 Å². The Hall–Kier alpha value is -2.28. The number of amides is 1. The molecule has 1 fully saturated rings. The molecule has 2 aromatic rings. The normalized spacial score (nSPS) is 14.8. The van der Waals surface area contributed by atoms with Crippen LogP contribution in [0.5, 0.6) is 0 Å². The maximum Gasteiger partial charge on any atom is 0.273 e. The smallest absolute Gasteiger partial charge is 0.273 e. The van der Waals surface area contributed by atoms with Gasteiger partial charge in [-0.1, -0.05) is 0 Å². The van der Waals surface area contributed by atoms with Crippen LogP contribution in [0.2, 0.25) is 0 Å². The summed E-state index contributed by atoms with van der Waals surface area (Å²) in [5, 5.41) is 5.67. The van der Waals surface area contributed by atoms with Gasteiger partial charge in [-0.05, 0) is 12.1 Å². The van der Waals surface area contributed by atoms with E-state index in [1.807, 2.05) is 0 Å². The second kappa shape index (κ2) is 5.38. The van der Waals surface area contributed by atoms with E-state index in [1.54, 1.807) is 0 Å². The molecule has 0 atom stereocenters. The lowest BCUT2D eigenvalue weighted by molar-refractivity contribution is 0.0945. The van der Waals surface area contributed by atoms with Crippen molar-refractivity contribution in [3.63, 3.8) is 0 Å². The van der Waals surface area contributed by atoms with Crippen LogP contribution >= 0.6 is 0 Å². The zero-order valence-electron chi connectivity index (χ0n) is 10.6. The molecule has 3 rings (SSSR count). The Morgan fingerprint density at radius 1 is 1.55 bits per heavy atom. The van der Waals surface area contributed by atoms with Crippen molar-refractivity contribution in [1.29, 1.82) is 0 Å². The molecule has 6 nitrogen and oxygen atoms in total. The molecule has 1 aliphatic rings. The van der Waals surface area contributed by atoms with E-state index in [2.05, 4.69) is 20.6 Å². The number of carbonyl (C=O) groups excluding carboxylic acids is 1. The third-order valence-electron chi connectivity index (χ3n) is 3.14. The maximum absolute atomic E-state index is 13.4. The second-order valence-electron chi connectivity index (χ2n) is 4.54. The summed E-state index contributed by atoms with van der Waals surface area (Å²) in [6.07, 6.45) is 2.79. The molecular formula is C13H13FN4O2. The van der Waals surface area contributed by atoms with Gasteiger partial charge >= 0.3 is 0 Å². The van der Waals surface area contributed by atoms with Crippen LogP contribution in [-0.4, -0.2) is 29.0 Å². The Bertz CT molecular complexity index is 624. The molecule has 0 unspecified atom stereocenters. The van der Waals surface area contributed by atoms with E-state index in [-0.39, 0.29) is 23.9 Å².